The standard InChI is InChI=1S/C18H28N2S/c1-2-5-16(6-3-1)17-7-4-11-20(15-17)12-10-19-18-8-13-21-14-9-18/h1-3,5-6,17-19H,4,7-15H2/t17-/m0/s1. The molecule has 3 rings (SSSR count). The molecule has 1 aromatic rings. The van der Waals surface area contributed by atoms with E-state index in [9.17, 15) is 0 Å². The zero-order valence-corrected chi connectivity index (χ0v) is 13.8. The molecule has 2 saturated heterocycles. The molecular formula is C18H28N2S. The minimum absolute atomic E-state index is 0.742. The van der Waals surface area contributed by atoms with Crippen LogP contribution in [0.1, 0.15) is 37.2 Å². The molecule has 2 aliphatic heterocycles. The fourth-order valence-corrected chi connectivity index (χ4v) is 4.69. The third-order valence-electron chi connectivity index (χ3n) is 4.86. The number of nitrogens with one attached hydrogen (secondary N) is 1. The molecule has 1 N–H and O–H groups in total. The molecule has 0 spiro atoms. The summed E-state index contributed by atoms with van der Waals surface area (Å²) >= 11 is 2.11. The highest BCUT2D eigenvalue weighted by Crippen LogP contribution is 2.26. The maximum atomic E-state index is 3.77. The third kappa shape index (κ3) is 4.73. The second-order valence-electron chi connectivity index (χ2n) is 6.39. The summed E-state index contributed by atoms with van der Waals surface area (Å²) in [6, 6.07) is 11.9. The minimum atomic E-state index is 0.742. The SMILES string of the molecule is c1ccc([C@H]2CCCN(CCNC3CCSCC3)C2)cc1. The van der Waals surface area contributed by atoms with E-state index in [2.05, 4.69) is 52.3 Å². The van der Waals surface area contributed by atoms with Crippen molar-refractivity contribution in [1.82, 2.24) is 10.2 Å². The van der Waals surface area contributed by atoms with E-state index in [1.54, 1.807) is 0 Å². The Morgan fingerprint density at radius 1 is 1.10 bits per heavy atom. The van der Waals surface area contributed by atoms with Crippen molar-refractivity contribution >= 4 is 11.8 Å². The van der Waals surface area contributed by atoms with Gasteiger partial charge in [0, 0.05) is 25.7 Å². The molecule has 0 aliphatic carbocycles. The summed E-state index contributed by atoms with van der Waals surface area (Å²) in [4.78, 5) is 2.66. The van der Waals surface area contributed by atoms with Gasteiger partial charge in [0.25, 0.3) is 0 Å². The lowest BCUT2D eigenvalue weighted by Crippen LogP contribution is -2.42. The molecule has 2 nitrogen and oxygen atoms in total. The van der Waals surface area contributed by atoms with Crippen molar-refractivity contribution < 1.29 is 0 Å². The molecule has 2 fully saturated rings. The molecule has 0 unspecified atom stereocenters. The Hall–Kier alpha value is -0.510. The van der Waals surface area contributed by atoms with Crippen molar-refractivity contribution in [2.75, 3.05) is 37.7 Å². The van der Waals surface area contributed by atoms with Crippen LogP contribution >= 0.6 is 11.8 Å². The number of piperidine rings is 1. The van der Waals surface area contributed by atoms with Crippen molar-refractivity contribution in [3.63, 3.8) is 0 Å². The lowest BCUT2D eigenvalue weighted by atomic mass is 9.91. The summed E-state index contributed by atoms with van der Waals surface area (Å²) in [5.41, 5.74) is 1.53. The van der Waals surface area contributed by atoms with E-state index in [4.69, 9.17) is 0 Å². The Bertz CT molecular complexity index is 403. The zero-order valence-electron chi connectivity index (χ0n) is 13.0. The number of likely N-dealkylation sites (tertiary alicyclic amines) is 1. The van der Waals surface area contributed by atoms with Crippen molar-refractivity contribution in [2.45, 2.75) is 37.6 Å². The maximum Gasteiger partial charge on any atom is 0.0107 e. The van der Waals surface area contributed by atoms with E-state index in [0.717, 1.165) is 18.5 Å². The summed E-state index contributed by atoms with van der Waals surface area (Å²) in [5.74, 6) is 3.43. The molecular weight excluding hydrogens is 276 g/mol. The largest absolute Gasteiger partial charge is 0.313 e. The van der Waals surface area contributed by atoms with Crippen molar-refractivity contribution in [2.24, 2.45) is 0 Å². The normalized spacial score (nSPS) is 25.0. The van der Waals surface area contributed by atoms with Crippen LogP contribution in [0, 0.1) is 0 Å². The first-order chi connectivity index (χ1) is 10.4. The summed E-state index contributed by atoms with van der Waals surface area (Å²) in [6.07, 6.45) is 5.42. The van der Waals surface area contributed by atoms with Gasteiger partial charge in [-0.3, -0.25) is 0 Å². The average molecular weight is 305 g/mol. The predicted octanol–water partition coefficient (Wildman–Crippen LogP) is 3.35. The zero-order chi connectivity index (χ0) is 14.3. The monoisotopic (exact) mass is 304 g/mol. The minimum Gasteiger partial charge on any atom is -0.313 e. The molecule has 2 aliphatic rings. The van der Waals surface area contributed by atoms with Gasteiger partial charge in [-0.05, 0) is 55.2 Å². The van der Waals surface area contributed by atoms with Crippen LogP contribution in [0.15, 0.2) is 30.3 Å². The van der Waals surface area contributed by atoms with E-state index < -0.39 is 0 Å². The molecule has 2 heterocycles. The summed E-state index contributed by atoms with van der Waals surface area (Å²) in [6.45, 7) is 4.90. The topological polar surface area (TPSA) is 15.3 Å². The summed E-state index contributed by atoms with van der Waals surface area (Å²) < 4.78 is 0. The molecule has 0 aromatic heterocycles. The lowest BCUT2D eigenvalue weighted by Gasteiger charge is -2.33. The average Bonchev–Trinajstić information content (AvgIpc) is 2.57. The van der Waals surface area contributed by atoms with Gasteiger partial charge < -0.3 is 10.2 Å². The van der Waals surface area contributed by atoms with Crippen molar-refractivity contribution in [3.05, 3.63) is 35.9 Å². The van der Waals surface area contributed by atoms with Crippen LogP contribution in [0.25, 0.3) is 0 Å². The van der Waals surface area contributed by atoms with E-state index in [1.165, 1.54) is 62.4 Å². The van der Waals surface area contributed by atoms with E-state index in [-0.39, 0.29) is 0 Å². The van der Waals surface area contributed by atoms with Crippen molar-refractivity contribution in [3.8, 4) is 0 Å². The van der Waals surface area contributed by atoms with Crippen LogP contribution in [-0.2, 0) is 0 Å². The Morgan fingerprint density at radius 3 is 2.71 bits per heavy atom. The smallest absolute Gasteiger partial charge is 0.0107 e. The first-order valence-electron chi connectivity index (χ1n) is 8.50. The Labute approximate surface area is 133 Å². The van der Waals surface area contributed by atoms with Crippen molar-refractivity contribution in [1.29, 1.82) is 0 Å². The van der Waals surface area contributed by atoms with Crippen LogP contribution in [-0.4, -0.2) is 48.6 Å². The number of nitrogens with zero attached hydrogens (tertiary/aromatic N) is 1. The molecule has 1 atom stereocenters. The van der Waals surface area contributed by atoms with E-state index in [1.807, 2.05) is 0 Å². The van der Waals surface area contributed by atoms with Crippen LogP contribution in [0.4, 0.5) is 0 Å². The summed E-state index contributed by atoms with van der Waals surface area (Å²) in [5, 5.41) is 3.77. The highest BCUT2D eigenvalue weighted by atomic mass is 32.2. The van der Waals surface area contributed by atoms with E-state index >= 15 is 0 Å². The lowest BCUT2D eigenvalue weighted by molar-refractivity contribution is 0.205. The molecule has 116 valence electrons. The summed E-state index contributed by atoms with van der Waals surface area (Å²) in [7, 11) is 0. The highest BCUT2D eigenvalue weighted by molar-refractivity contribution is 7.99. The second kappa shape index (κ2) is 8.21. The molecule has 0 radical (unpaired) electrons. The molecule has 3 heteroatoms. The number of rotatable bonds is 5. The molecule has 1 aromatic carbocycles. The third-order valence-corrected chi connectivity index (χ3v) is 5.91. The highest BCUT2D eigenvalue weighted by Gasteiger charge is 2.21. The van der Waals surface area contributed by atoms with Gasteiger partial charge in [-0.1, -0.05) is 30.3 Å². The van der Waals surface area contributed by atoms with Gasteiger partial charge in [0.2, 0.25) is 0 Å². The van der Waals surface area contributed by atoms with Gasteiger partial charge in [0.1, 0.15) is 0 Å². The number of hydrogen-bond acceptors (Lipinski definition) is 3. The van der Waals surface area contributed by atoms with Crippen LogP contribution < -0.4 is 5.32 Å². The number of thioether (sulfide) groups is 1. The van der Waals surface area contributed by atoms with Gasteiger partial charge >= 0.3 is 0 Å². The van der Waals surface area contributed by atoms with E-state index in [0.29, 0.717) is 0 Å². The first kappa shape index (κ1) is 15.4. The second-order valence-corrected chi connectivity index (χ2v) is 7.62. The Kier molecular flexibility index (Phi) is 6.02. The fourth-order valence-electron chi connectivity index (χ4n) is 3.58. The Morgan fingerprint density at radius 2 is 1.90 bits per heavy atom. The molecule has 21 heavy (non-hydrogen) atoms. The molecule has 0 amide bonds. The van der Waals surface area contributed by atoms with Crippen LogP contribution in [0.3, 0.4) is 0 Å². The van der Waals surface area contributed by atoms with Gasteiger partial charge in [-0.2, -0.15) is 11.8 Å². The number of hydrogen-bond donors (Lipinski definition) is 1. The van der Waals surface area contributed by atoms with Gasteiger partial charge in [-0.15, -0.1) is 0 Å². The first-order valence-corrected chi connectivity index (χ1v) is 9.66. The predicted molar refractivity (Wildman–Crippen MR) is 93.2 cm³/mol. The van der Waals surface area contributed by atoms with Crippen LogP contribution in [0.2, 0.25) is 0 Å². The quantitative estimate of drug-likeness (QED) is 0.898. The van der Waals surface area contributed by atoms with Gasteiger partial charge in [-0.25, -0.2) is 0 Å². The maximum absolute atomic E-state index is 3.77. The number of benzene rings is 1. The molecule has 0 bridgehead atoms. The van der Waals surface area contributed by atoms with Crippen LogP contribution in [0.5, 0.6) is 0 Å². The Balaban J connectivity index is 1.41. The molecule has 0 saturated carbocycles. The van der Waals surface area contributed by atoms with Gasteiger partial charge in [0.05, 0.1) is 0 Å². The fraction of sp³-hybridized carbons (Fsp3) is 0.667. The van der Waals surface area contributed by atoms with Gasteiger partial charge in [0.15, 0.2) is 0 Å².